The summed E-state index contributed by atoms with van der Waals surface area (Å²) in [6.07, 6.45) is -7.87. The number of carbonyl (C=O) groups excluding carboxylic acids is 2. The molecule has 3 N–H and O–H groups in total. The van der Waals surface area contributed by atoms with E-state index in [1.807, 2.05) is 0 Å². The Morgan fingerprint density at radius 2 is 1.83 bits per heavy atom. The average Bonchev–Trinajstić information content (AvgIpc) is 2.80. The van der Waals surface area contributed by atoms with Crippen molar-refractivity contribution in [1.29, 1.82) is 0 Å². The molecule has 0 radical (unpaired) electrons. The van der Waals surface area contributed by atoms with Gasteiger partial charge in [0.1, 0.15) is 29.5 Å². The molecule has 0 saturated carbocycles. The fraction of sp³-hybridized carbons (Fsp3) is 0.417. The number of hydrogen-bond donors (Lipinski definition) is 2. The molecule has 1 saturated heterocycles. The number of amides is 2. The molecule has 3 rings (SSSR count). The van der Waals surface area contributed by atoms with Gasteiger partial charge in [0.2, 0.25) is 5.91 Å². The number of benzene rings is 2. The van der Waals surface area contributed by atoms with Gasteiger partial charge in [0.05, 0.1) is 25.1 Å². The lowest BCUT2D eigenvalue weighted by atomic mass is 10.0. The highest BCUT2D eigenvalue weighted by Gasteiger charge is 2.34. The standard InChI is InChI=1S/C24H26F4N2O6/c1-14(13-31)34-17-6-7-18(23(29)33)21(11-17)35-20-8-9-30(12-19(20)25)22(32)10-15-2-4-16(5-3-15)36-24(26,27)28/h2-7,11,14,19-20,31H,8-10,12-13H2,1H3,(H2,29,33)/t14-,19+,20-/m1/s1. The number of halogens is 4. The van der Waals surface area contributed by atoms with E-state index in [4.69, 9.17) is 20.3 Å². The molecule has 196 valence electrons. The molecule has 0 bridgehead atoms. The van der Waals surface area contributed by atoms with Crippen molar-refractivity contribution < 1.29 is 46.5 Å². The smallest absolute Gasteiger partial charge is 0.488 e. The summed E-state index contributed by atoms with van der Waals surface area (Å²) < 4.78 is 66.9. The Hall–Kier alpha value is -3.54. The summed E-state index contributed by atoms with van der Waals surface area (Å²) in [4.78, 5) is 25.7. The molecule has 2 aromatic carbocycles. The molecule has 1 aliphatic rings. The number of hydrogen-bond acceptors (Lipinski definition) is 6. The largest absolute Gasteiger partial charge is 0.573 e. The summed E-state index contributed by atoms with van der Waals surface area (Å²) in [6.45, 7) is 1.31. The molecule has 2 amide bonds. The van der Waals surface area contributed by atoms with E-state index in [9.17, 15) is 27.2 Å². The molecule has 1 heterocycles. The first-order valence-electron chi connectivity index (χ1n) is 11.1. The third-order valence-electron chi connectivity index (χ3n) is 5.44. The minimum absolute atomic E-state index is 0.0266. The van der Waals surface area contributed by atoms with E-state index < -0.39 is 42.3 Å². The highest BCUT2D eigenvalue weighted by molar-refractivity contribution is 5.95. The zero-order valence-electron chi connectivity index (χ0n) is 19.3. The van der Waals surface area contributed by atoms with E-state index in [1.165, 1.54) is 35.2 Å². The molecule has 0 aromatic heterocycles. The first-order valence-corrected chi connectivity index (χ1v) is 11.1. The Bertz CT molecular complexity index is 1060. The summed E-state index contributed by atoms with van der Waals surface area (Å²) in [5, 5.41) is 9.16. The van der Waals surface area contributed by atoms with Crippen LogP contribution >= 0.6 is 0 Å². The van der Waals surface area contributed by atoms with Crippen molar-refractivity contribution in [2.75, 3.05) is 19.7 Å². The lowest BCUT2D eigenvalue weighted by Crippen LogP contribution is -2.49. The van der Waals surface area contributed by atoms with Crippen LogP contribution in [0.3, 0.4) is 0 Å². The predicted molar refractivity (Wildman–Crippen MR) is 119 cm³/mol. The van der Waals surface area contributed by atoms with E-state index in [0.717, 1.165) is 12.1 Å². The summed E-state index contributed by atoms with van der Waals surface area (Å²) >= 11 is 0. The molecule has 36 heavy (non-hydrogen) atoms. The van der Waals surface area contributed by atoms with Crippen molar-refractivity contribution in [3.8, 4) is 17.2 Å². The number of carbonyl (C=O) groups is 2. The van der Waals surface area contributed by atoms with Crippen molar-refractivity contribution in [3.05, 3.63) is 53.6 Å². The lowest BCUT2D eigenvalue weighted by molar-refractivity contribution is -0.274. The van der Waals surface area contributed by atoms with Crippen LogP contribution in [-0.4, -0.2) is 66.3 Å². The maximum absolute atomic E-state index is 15.0. The van der Waals surface area contributed by atoms with E-state index in [0.29, 0.717) is 11.3 Å². The minimum atomic E-state index is -4.82. The van der Waals surface area contributed by atoms with Gasteiger partial charge in [-0.2, -0.15) is 0 Å². The molecule has 0 spiro atoms. The van der Waals surface area contributed by atoms with E-state index >= 15 is 0 Å². The van der Waals surface area contributed by atoms with E-state index in [-0.39, 0.29) is 43.9 Å². The Labute approximate surface area is 204 Å². The number of aliphatic hydroxyl groups is 1. The molecular weight excluding hydrogens is 488 g/mol. The van der Waals surface area contributed by atoms with Crippen LogP contribution in [0.2, 0.25) is 0 Å². The number of aliphatic hydroxyl groups excluding tert-OH is 1. The third kappa shape index (κ3) is 7.48. The van der Waals surface area contributed by atoms with Gasteiger partial charge < -0.3 is 30.0 Å². The van der Waals surface area contributed by atoms with Crippen LogP contribution in [0.25, 0.3) is 0 Å². The van der Waals surface area contributed by atoms with Crippen LogP contribution in [0.1, 0.15) is 29.3 Å². The van der Waals surface area contributed by atoms with Crippen LogP contribution in [0.4, 0.5) is 17.6 Å². The van der Waals surface area contributed by atoms with Gasteiger partial charge in [-0.1, -0.05) is 12.1 Å². The van der Waals surface area contributed by atoms with Gasteiger partial charge in [-0.15, -0.1) is 13.2 Å². The Balaban J connectivity index is 1.61. The molecule has 12 heteroatoms. The molecule has 1 aliphatic heterocycles. The number of rotatable bonds is 9. The van der Waals surface area contributed by atoms with Gasteiger partial charge in [-0.25, -0.2) is 4.39 Å². The SMILES string of the molecule is C[C@H](CO)Oc1ccc(C(N)=O)c(O[C@@H]2CCN(C(=O)Cc3ccc(OC(F)(F)F)cc3)C[C@@H]2F)c1. The Morgan fingerprint density at radius 1 is 1.17 bits per heavy atom. The van der Waals surface area contributed by atoms with Gasteiger partial charge in [-0.05, 0) is 36.8 Å². The molecule has 8 nitrogen and oxygen atoms in total. The number of alkyl halides is 4. The zero-order chi connectivity index (χ0) is 26.5. The van der Waals surface area contributed by atoms with Crippen LogP contribution < -0.4 is 19.9 Å². The Kier molecular flexibility index (Phi) is 8.62. The number of piperidine rings is 1. The second-order valence-corrected chi connectivity index (χ2v) is 8.30. The third-order valence-corrected chi connectivity index (χ3v) is 5.44. The predicted octanol–water partition coefficient (Wildman–Crippen LogP) is 3.00. The number of likely N-dealkylation sites (tertiary alicyclic amines) is 1. The summed E-state index contributed by atoms with van der Waals surface area (Å²) in [6, 6.07) is 9.12. The molecular formula is C24H26F4N2O6. The van der Waals surface area contributed by atoms with Gasteiger partial charge in [0.15, 0.2) is 6.17 Å². The fourth-order valence-corrected chi connectivity index (χ4v) is 3.65. The van der Waals surface area contributed by atoms with Crippen LogP contribution in [0.15, 0.2) is 42.5 Å². The topological polar surface area (TPSA) is 111 Å². The zero-order valence-corrected chi connectivity index (χ0v) is 19.3. The molecule has 0 aliphatic carbocycles. The first kappa shape index (κ1) is 27.1. The van der Waals surface area contributed by atoms with Gasteiger partial charge in [0.25, 0.3) is 5.91 Å². The summed E-state index contributed by atoms with van der Waals surface area (Å²) in [5.41, 5.74) is 5.87. The van der Waals surface area contributed by atoms with Crippen molar-refractivity contribution in [2.45, 2.75) is 44.5 Å². The second kappa shape index (κ2) is 11.5. The fourth-order valence-electron chi connectivity index (χ4n) is 3.65. The lowest BCUT2D eigenvalue weighted by Gasteiger charge is -2.35. The summed E-state index contributed by atoms with van der Waals surface area (Å²) in [5.74, 6) is -1.26. The van der Waals surface area contributed by atoms with Crippen molar-refractivity contribution in [3.63, 3.8) is 0 Å². The van der Waals surface area contributed by atoms with Crippen molar-refractivity contribution >= 4 is 11.8 Å². The number of primary amides is 1. The number of nitrogens with two attached hydrogens (primary N) is 1. The molecule has 3 atom stereocenters. The molecule has 1 fully saturated rings. The first-order chi connectivity index (χ1) is 16.9. The second-order valence-electron chi connectivity index (χ2n) is 8.30. The normalized spacial score (nSPS) is 18.9. The van der Waals surface area contributed by atoms with E-state index in [1.54, 1.807) is 6.92 Å². The summed E-state index contributed by atoms with van der Waals surface area (Å²) in [7, 11) is 0. The van der Waals surface area contributed by atoms with Crippen molar-refractivity contribution in [2.24, 2.45) is 5.73 Å². The Morgan fingerprint density at radius 3 is 2.42 bits per heavy atom. The van der Waals surface area contributed by atoms with E-state index in [2.05, 4.69) is 4.74 Å². The van der Waals surface area contributed by atoms with Gasteiger partial charge >= 0.3 is 6.36 Å². The van der Waals surface area contributed by atoms with Crippen LogP contribution in [0, 0.1) is 0 Å². The minimum Gasteiger partial charge on any atom is -0.488 e. The van der Waals surface area contributed by atoms with Gasteiger partial charge in [-0.3, -0.25) is 9.59 Å². The quantitative estimate of drug-likeness (QED) is 0.498. The number of nitrogens with zero attached hydrogens (tertiary/aromatic N) is 1. The van der Waals surface area contributed by atoms with Crippen molar-refractivity contribution in [1.82, 2.24) is 4.90 Å². The number of ether oxygens (including phenoxy) is 3. The van der Waals surface area contributed by atoms with Crippen LogP contribution in [-0.2, 0) is 11.2 Å². The molecule has 2 aromatic rings. The monoisotopic (exact) mass is 514 g/mol. The average molecular weight is 514 g/mol. The highest BCUT2D eigenvalue weighted by atomic mass is 19.4. The molecule has 0 unspecified atom stereocenters. The van der Waals surface area contributed by atoms with Crippen LogP contribution in [0.5, 0.6) is 17.2 Å². The maximum atomic E-state index is 15.0. The highest BCUT2D eigenvalue weighted by Crippen LogP contribution is 2.29. The maximum Gasteiger partial charge on any atom is 0.573 e. The van der Waals surface area contributed by atoms with Gasteiger partial charge in [0, 0.05) is 19.0 Å².